The molecule has 0 atom stereocenters. The standard InChI is InChI=1S/C20H16F3N3O3/c1-11-7-14(12(2)26(11)9-20(21,22)23)15(27)8-25-10-24-17-13-5-3-4-6-16(13)29-18(17)19(25)28/h3-7,10H,8-9H2,1-2H3. The molecule has 0 aliphatic rings. The molecule has 3 aromatic heterocycles. The maximum atomic E-state index is 12.8. The first kappa shape index (κ1) is 19.0. The first-order valence-corrected chi connectivity index (χ1v) is 8.79. The first-order valence-electron chi connectivity index (χ1n) is 8.79. The van der Waals surface area contributed by atoms with Gasteiger partial charge in [0.15, 0.2) is 5.78 Å². The molecular formula is C20H16F3N3O3. The van der Waals surface area contributed by atoms with Crippen molar-refractivity contribution in [2.45, 2.75) is 33.1 Å². The number of hydrogen-bond acceptors (Lipinski definition) is 4. The van der Waals surface area contributed by atoms with E-state index in [9.17, 15) is 22.8 Å². The Morgan fingerprint density at radius 3 is 2.66 bits per heavy atom. The van der Waals surface area contributed by atoms with Crippen molar-refractivity contribution in [1.29, 1.82) is 0 Å². The second-order valence-electron chi connectivity index (χ2n) is 6.86. The van der Waals surface area contributed by atoms with Crippen LogP contribution in [0.25, 0.3) is 22.1 Å². The Labute approximate surface area is 162 Å². The van der Waals surface area contributed by atoms with E-state index in [1.807, 2.05) is 0 Å². The van der Waals surface area contributed by atoms with Crippen molar-refractivity contribution in [3.63, 3.8) is 0 Å². The molecule has 0 fully saturated rings. The fraction of sp³-hybridized carbons (Fsp3) is 0.250. The van der Waals surface area contributed by atoms with Gasteiger partial charge in [-0.25, -0.2) is 4.98 Å². The van der Waals surface area contributed by atoms with E-state index >= 15 is 0 Å². The Morgan fingerprint density at radius 1 is 1.21 bits per heavy atom. The van der Waals surface area contributed by atoms with Gasteiger partial charge in [-0.1, -0.05) is 12.1 Å². The van der Waals surface area contributed by atoms with Crippen molar-refractivity contribution >= 4 is 27.9 Å². The number of carbonyl (C=O) groups excluding carboxylic acids is 1. The van der Waals surface area contributed by atoms with Crippen molar-refractivity contribution < 1.29 is 22.4 Å². The SMILES string of the molecule is Cc1cc(C(=O)Cn2cnc3c(oc4ccccc43)c2=O)c(C)n1CC(F)(F)F. The maximum absolute atomic E-state index is 12.8. The average Bonchev–Trinajstić information content (AvgIpc) is 3.16. The molecule has 0 amide bonds. The van der Waals surface area contributed by atoms with Gasteiger partial charge in [0.2, 0.25) is 5.58 Å². The molecule has 0 saturated carbocycles. The van der Waals surface area contributed by atoms with Crippen LogP contribution >= 0.6 is 0 Å². The van der Waals surface area contributed by atoms with E-state index < -0.39 is 24.1 Å². The topological polar surface area (TPSA) is 70.0 Å². The van der Waals surface area contributed by atoms with Gasteiger partial charge in [-0.15, -0.1) is 0 Å². The van der Waals surface area contributed by atoms with Crippen LogP contribution in [-0.2, 0) is 13.1 Å². The predicted octanol–water partition coefficient (Wildman–Crippen LogP) is 4.01. The van der Waals surface area contributed by atoms with Gasteiger partial charge >= 0.3 is 6.18 Å². The van der Waals surface area contributed by atoms with Crippen LogP contribution in [0, 0.1) is 13.8 Å². The number of furan rings is 1. The zero-order chi connectivity index (χ0) is 20.9. The van der Waals surface area contributed by atoms with Crippen LogP contribution in [0.4, 0.5) is 13.2 Å². The number of benzene rings is 1. The lowest BCUT2D eigenvalue weighted by atomic mass is 10.1. The quantitative estimate of drug-likeness (QED) is 0.483. The van der Waals surface area contributed by atoms with Crippen molar-refractivity contribution in [1.82, 2.24) is 14.1 Å². The smallest absolute Gasteiger partial charge is 0.406 e. The van der Waals surface area contributed by atoms with Gasteiger partial charge in [-0.2, -0.15) is 13.2 Å². The summed E-state index contributed by atoms with van der Waals surface area (Å²) in [5.74, 6) is -0.481. The van der Waals surface area contributed by atoms with Crippen LogP contribution in [0.3, 0.4) is 0 Å². The molecule has 1 aromatic carbocycles. The molecule has 3 heterocycles. The number of hydrogen-bond donors (Lipinski definition) is 0. The van der Waals surface area contributed by atoms with Gasteiger partial charge in [-0.05, 0) is 32.0 Å². The van der Waals surface area contributed by atoms with Crippen LogP contribution in [0.1, 0.15) is 21.7 Å². The van der Waals surface area contributed by atoms with Gasteiger partial charge < -0.3 is 8.98 Å². The summed E-state index contributed by atoms with van der Waals surface area (Å²) in [6.45, 7) is 1.43. The van der Waals surface area contributed by atoms with Gasteiger partial charge in [0.25, 0.3) is 5.56 Å². The van der Waals surface area contributed by atoms with Crippen molar-refractivity contribution in [3.8, 4) is 0 Å². The predicted molar refractivity (Wildman–Crippen MR) is 100 cm³/mol. The van der Waals surface area contributed by atoms with Crippen LogP contribution in [0.15, 0.2) is 45.9 Å². The van der Waals surface area contributed by atoms with Crippen LogP contribution in [-0.4, -0.2) is 26.1 Å². The molecule has 4 rings (SSSR count). The second kappa shape index (κ2) is 6.61. The monoisotopic (exact) mass is 403 g/mol. The molecule has 6 nitrogen and oxygen atoms in total. The zero-order valence-corrected chi connectivity index (χ0v) is 15.6. The molecule has 0 bridgehead atoms. The molecule has 0 aliphatic carbocycles. The van der Waals surface area contributed by atoms with E-state index in [1.165, 1.54) is 26.2 Å². The third-order valence-corrected chi connectivity index (χ3v) is 4.88. The van der Waals surface area contributed by atoms with E-state index in [0.29, 0.717) is 22.2 Å². The highest BCUT2D eigenvalue weighted by Gasteiger charge is 2.30. The highest BCUT2D eigenvalue weighted by molar-refractivity contribution is 6.02. The molecule has 29 heavy (non-hydrogen) atoms. The average molecular weight is 403 g/mol. The third kappa shape index (κ3) is 3.32. The highest BCUT2D eigenvalue weighted by atomic mass is 19.4. The molecule has 0 N–H and O–H groups in total. The number of fused-ring (bicyclic) bond motifs is 3. The van der Waals surface area contributed by atoms with E-state index in [4.69, 9.17) is 4.42 Å². The fourth-order valence-electron chi connectivity index (χ4n) is 3.47. The molecule has 0 radical (unpaired) electrons. The van der Waals surface area contributed by atoms with E-state index in [0.717, 1.165) is 9.13 Å². The summed E-state index contributed by atoms with van der Waals surface area (Å²) >= 11 is 0. The van der Waals surface area contributed by atoms with Crippen molar-refractivity contribution in [3.05, 3.63) is 64.0 Å². The van der Waals surface area contributed by atoms with Gasteiger partial charge in [-0.3, -0.25) is 14.2 Å². The summed E-state index contributed by atoms with van der Waals surface area (Å²) in [7, 11) is 0. The Morgan fingerprint density at radius 2 is 1.93 bits per heavy atom. The van der Waals surface area contributed by atoms with E-state index in [-0.39, 0.29) is 23.4 Å². The lowest BCUT2D eigenvalue weighted by molar-refractivity contribution is -0.141. The van der Waals surface area contributed by atoms with Gasteiger partial charge in [0, 0.05) is 22.3 Å². The maximum Gasteiger partial charge on any atom is 0.406 e. The van der Waals surface area contributed by atoms with Gasteiger partial charge in [0.05, 0.1) is 12.9 Å². The number of aryl methyl sites for hydroxylation is 1. The lowest BCUT2D eigenvalue weighted by Crippen LogP contribution is -2.25. The molecule has 9 heteroatoms. The van der Waals surface area contributed by atoms with Crippen LogP contribution in [0.5, 0.6) is 0 Å². The molecule has 0 aliphatic heterocycles. The Kier molecular flexibility index (Phi) is 4.33. The minimum absolute atomic E-state index is 0.0315. The van der Waals surface area contributed by atoms with Gasteiger partial charge in [0.1, 0.15) is 17.6 Å². The Balaban J connectivity index is 1.70. The minimum atomic E-state index is -4.40. The van der Waals surface area contributed by atoms with E-state index in [1.54, 1.807) is 24.3 Å². The largest absolute Gasteiger partial charge is 0.448 e. The number of nitrogens with zero attached hydrogens (tertiary/aromatic N) is 3. The summed E-state index contributed by atoms with van der Waals surface area (Å²) in [5, 5.41) is 0.689. The lowest BCUT2D eigenvalue weighted by Gasteiger charge is -2.12. The summed E-state index contributed by atoms with van der Waals surface area (Å²) in [5.41, 5.74) is 1.08. The first-order chi connectivity index (χ1) is 13.7. The Hall–Kier alpha value is -3.36. The number of alkyl halides is 3. The highest BCUT2D eigenvalue weighted by Crippen LogP contribution is 2.25. The number of aromatic nitrogens is 3. The van der Waals surface area contributed by atoms with Crippen LogP contribution in [0.2, 0.25) is 0 Å². The fourth-order valence-corrected chi connectivity index (χ4v) is 3.47. The summed E-state index contributed by atoms with van der Waals surface area (Å²) < 4.78 is 46.0. The van der Waals surface area contributed by atoms with Crippen molar-refractivity contribution in [2.24, 2.45) is 0 Å². The minimum Gasteiger partial charge on any atom is -0.448 e. The normalized spacial score (nSPS) is 12.2. The van der Waals surface area contributed by atoms with E-state index in [2.05, 4.69) is 4.98 Å². The molecule has 0 unspecified atom stereocenters. The summed E-state index contributed by atoms with van der Waals surface area (Å²) in [6, 6.07) is 8.45. The number of Topliss-reactive ketones (excluding diaryl/α,β-unsaturated/α-hetero) is 1. The molecule has 0 saturated heterocycles. The van der Waals surface area contributed by atoms with Crippen molar-refractivity contribution in [2.75, 3.05) is 0 Å². The molecule has 150 valence electrons. The summed E-state index contributed by atoms with van der Waals surface area (Å²) in [6.07, 6.45) is -3.15. The molecule has 4 aromatic rings. The number of para-hydroxylation sites is 1. The number of halogens is 3. The second-order valence-corrected chi connectivity index (χ2v) is 6.86. The molecular weight excluding hydrogens is 387 g/mol. The number of ketones is 1. The Bertz CT molecular complexity index is 1310. The third-order valence-electron chi connectivity index (χ3n) is 4.88. The molecule has 0 spiro atoms. The number of carbonyl (C=O) groups is 1. The zero-order valence-electron chi connectivity index (χ0n) is 15.6. The summed E-state index contributed by atoms with van der Waals surface area (Å²) in [4.78, 5) is 29.7. The number of rotatable bonds is 4. The van der Waals surface area contributed by atoms with Crippen LogP contribution < -0.4 is 5.56 Å².